The van der Waals surface area contributed by atoms with Crippen molar-refractivity contribution in [3.63, 3.8) is 0 Å². The fraction of sp³-hybridized carbons (Fsp3) is 0.0833. The summed E-state index contributed by atoms with van der Waals surface area (Å²) >= 11 is 12.1. The molecule has 4 rings (SSSR count). The number of nitro benzene ring substituents is 1. The number of nitrogens with zero attached hydrogens (tertiary/aromatic N) is 5. The summed E-state index contributed by atoms with van der Waals surface area (Å²) in [6.45, 7) is 4.04. The Morgan fingerprint density at radius 3 is 2.11 bits per heavy atom. The van der Waals surface area contributed by atoms with E-state index in [1.54, 1.807) is 30.3 Å². The maximum Gasteiger partial charge on any atom is 0.269 e. The molecule has 3 aromatic carbocycles. The number of aromatic nitrogens is 3. The minimum absolute atomic E-state index is 0.0224. The van der Waals surface area contributed by atoms with Gasteiger partial charge in [-0.3, -0.25) is 10.1 Å². The lowest BCUT2D eigenvalue weighted by atomic mass is 10.1. The van der Waals surface area contributed by atoms with Crippen molar-refractivity contribution in [2.45, 2.75) is 13.8 Å². The van der Waals surface area contributed by atoms with Crippen molar-refractivity contribution < 1.29 is 4.92 Å². The zero-order valence-corrected chi connectivity index (χ0v) is 20.7. The van der Waals surface area contributed by atoms with Crippen molar-refractivity contribution in [3.05, 3.63) is 97.5 Å². The standard InChI is InChI=1S/C24H20Cl2N8O2/c1-14-3-6-19(11-15(14)2)29-23-30-22(28-18-7-9-20(10-8-18)34(35)36)31-24(32-23)33-27-13-16-4-5-17(25)12-21(16)26/h3-13H,1-2H3,(H3,28,29,30,31,32,33)/b27-13+. The zero-order valence-electron chi connectivity index (χ0n) is 19.2. The van der Waals surface area contributed by atoms with Gasteiger partial charge in [0.05, 0.1) is 16.2 Å². The number of nitrogens with one attached hydrogen (secondary N) is 3. The van der Waals surface area contributed by atoms with Gasteiger partial charge in [-0.15, -0.1) is 0 Å². The molecule has 0 atom stereocenters. The van der Waals surface area contributed by atoms with Crippen LogP contribution in [0.15, 0.2) is 65.8 Å². The van der Waals surface area contributed by atoms with Gasteiger partial charge in [0, 0.05) is 34.1 Å². The summed E-state index contributed by atoms with van der Waals surface area (Å²) in [6, 6.07) is 16.8. The molecule has 10 nitrogen and oxygen atoms in total. The fourth-order valence-corrected chi connectivity index (χ4v) is 3.50. The summed E-state index contributed by atoms with van der Waals surface area (Å²) in [5, 5.41) is 22.3. The van der Waals surface area contributed by atoms with Crippen molar-refractivity contribution >= 4 is 64.3 Å². The Balaban J connectivity index is 1.60. The van der Waals surface area contributed by atoms with Crippen LogP contribution in [0, 0.1) is 24.0 Å². The molecule has 0 aliphatic carbocycles. The highest BCUT2D eigenvalue weighted by Gasteiger charge is 2.10. The van der Waals surface area contributed by atoms with Gasteiger partial charge in [-0.1, -0.05) is 35.3 Å². The number of benzene rings is 3. The van der Waals surface area contributed by atoms with E-state index in [1.807, 2.05) is 32.0 Å². The van der Waals surface area contributed by atoms with Crippen molar-refractivity contribution in [1.29, 1.82) is 0 Å². The summed E-state index contributed by atoms with van der Waals surface area (Å²) in [6.07, 6.45) is 1.52. The summed E-state index contributed by atoms with van der Waals surface area (Å²) in [4.78, 5) is 23.6. The van der Waals surface area contributed by atoms with Gasteiger partial charge in [0.2, 0.25) is 17.8 Å². The predicted molar refractivity (Wildman–Crippen MR) is 143 cm³/mol. The number of aryl methyl sites for hydroxylation is 2. The van der Waals surface area contributed by atoms with Crippen LogP contribution in [0.4, 0.5) is 34.9 Å². The van der Waals surface area contributed by atoms with Crippen molar-refractivity contribution in [1.82, 2.24) is 15.0 Å². The van der Waals surface area contributed by atoms with E-state index in [-0.39, 0.29) is 23.5 Å². The zero-order chi connectivity index (χ0) is 25.7. The van der Waals surface area contributed by atoms with Gasteiger partial charge >= 0.3 is 0 Å². The smallest absolute Gasteiger partial charge is 0.269 e. The largest absolute Gasteiger partial charge is 0.324 e. The van der Waals surface area contributed by atoms with Gasteiger partial charge < -0.3 is 10.6 Å². The summed E-state index contributed by atoms with van der Waals surface area (Å²) in [5.41, 5.74) is 7.04. The second kappa shape index (κ2) is 11.0. The minimum Gasteiger partial charge on any atom is -0.324 e. The molecule has 3 N–H and O–H groups in total. The third-order valence-corrected chi connectivity index (χ3v) is 5.63. The van der Waals surface area contributed by atoms with Gasteiger partial charge in [0.15, 0.2) is 0 Å². The Morgan fingerprint density at radius 2 is 1.47 bits per heavy atom. The molecule has 36 heavy (non-hydrogen) atoms. The predicted octanol–water partition coefficient (Wildman–Crippen LogP) is 6.64. The first-order valence-corrected chi connectivity index (χ1v) is 11.4. The molecule has 0 fully saturated rings. The van der Waals surface area contributed by atoms with Gasteiger partial charge in [-0.25, -0.2) is 5.43 Å². The van der Waals surface area contributed by atoms with Crippen LogP contribution in [0.5, 0.6) is 0 Å². The van der Waals surface area contributed by atoms with Crippen LogP contribution in [0.1, 0.15) is 16.7 Å². The van der Waals surface area contributed by atoms with Gasteiger partial charge in [0.25, 0.3) is 5.69 Å². The molecule has 182 valence electrons. The van der Waals surface area contributed by atoms with Crippen LogP contribution in [-0.2, 0) is 0 Å². The lowest BCUT2D eigenvalue weighted by Gasteiger charge is -2.11. The maximum atomic E-state index is 10.9. The highest BCUT2D eigenvalue weighted by atomic mass is 35.5. The molecule has 0 aliphatic heterocycles. The van der Waals surface area contributed by atoms with E-state index in [0.29, 0.717) is 21.3 Å². The van der Waals surface area contributed by atoms with Crippen LogP contribution in [-0.4, -0.2) is 26.1 Å². The van der Waals surface area contributed by atoms with E-state index >= 15 is 0 Å². The molecule has 0 saturated carbocycles. The third kappa shape index (κ3) is 6.44. The molecule has 0 bridgehead atoms. The Hall–Kier alpha value is -4.28. The number of non-ortho nitro benzene ring substituents is 1. The molecule has 0 radical (unpaired) electrons. The number of hydrazone groups is 1. The SMILES string of the molecule is Cc1ccc(Nc2nc(N/N=C/c3ccc(Cl)cc3Cl)nc(Nc3ccc([N+](=O)[O-])cc3)n2)cc1C. The summed E-state index contributed by atoms with van der Waals surface area (Å²) in [5.74, 6) is 0.620. The molecule has 12 heteroatoms. The van der Waals surface area contributed by atoms with Crippen LogP contribution in [0.25, 0.3) is 0 Å². The quantitative estimate of drug-likeness (QED) is 0.133. The van der Waals surface area contributed by atoms with E-state index in [9.17, 15) is 10.1 Å². The molecule has 1 heterocycles. The monoisotopic (exact) mass is 522 g/mol. The number of hydrogen-bond acceptors (Lipinski definition) is 9. The fourth-order valence-electron chi connectivity index (χ4n) is 3.05. The molecule has 0 saturated heterocycles. The highest BCUT2D eigenvalue weighted by molar-refractivity contribution is 6.36. The van der Waals surface area contributed by atoms with E-state index in [4.69, 9.17) is 23.2 Å². The lowest BCUT2D eigenvalue weighted by molar-refractivity contribution is -0.384. The van der Waals surface area contributed by atoms with Crippen molar-refractivity contribution in [2.24, 2.45) is 5.10 Å². The molecule has 0 spiro atoms. The number of halogens is 2. The van der Waals surface area contributed by atoms with Crippen molar-refractivity contribution in [3.8, 4) is 0 Å². The lowest BCUT2D eigenvalue weighted by Crippen LogP contribution is -2.07. The van der Waals surface area contributed by atoms with Crippen LogP contribution < -0.4 is 16.1 Å². The minimum atomic E-state index is -0.467. The molecule has 1 aromatic heterocycles. The molecular weight excluding hydrogens is 503 g/mol. The van der Waals surface area contributed by atoms with Gasteiger partial charge in [0.1, 0.15) is 0 Å². The van der Waals surface area contributed by atoms with E-state index in [2.05, 4.69) is 36.1 Å². The first-order chi connectivity index (χ1) is 17.3. The van der Waals surface area contributed by atoms with E-state index in [1.165, 1.54) is 18.3 Å². The Morgan fingerprint density at radius 1 is 0.833 bits per heavy atom. The Labute approximate surface area is 216 Å². The molecular formula is C24H20Cl2N8O2. The topological polar surface area (TPSA) is 130 Å². The molecule has 0 unspecified atom stereocenters. The number of nitro groups is 1. The van der Waals surface area contributed by atoms with Gasteiger partial charge in [-0.2, -0.15) is 20.1 Å². The third-order valence-electron chi connectivity index (χ3n) is 5.06. The van der Waals surface area contributed by atoms with E-state index < -0.39 is 4.92 Å². The molecule has 0 aliphatic rings. The van der Waals surface area contributed by atoms with Crippen LogP contribution >= 0.6 is 23.2 Å². The molecule has 0 amide bonds. The highest BCUT2D eigenvalue weighted by Crippen LogP contribution is 2.23. The first-order valence-electron chi connectivity index (χ1n) is 10.6. The normalized spacial score (nSPS) is 10.9. The second-order valence-corrected chi connectivity index (χ2v) is 8.54. The average Bonchev–Trinajstić information content (AvgIpc) is 2.83. The van der Waals surface area contributed by atoms with Gasteiger partial charge in [-0.05, 0) is 61.4 Å². The summed E-state index contributed by atoms with van der Waals surface area (Å²) < 4.78 is 0. The number of anilines is 5. The van der Waals surface area contributed by atoms with E-state index in [0.717, 1.165) is 16.8 Å². The number of rotatable bonds is 8. The molecule has 4 aromatic rings. The summed E-state index contributed by atoms with van der Waals surface area (Å²) in [7, 11) is 0. The number of hydrogen-bond donors (Lipinski definition) is 3. The maximum absolute atomic E-state index is 10.9. The Kier molecular flexibility index (Phi) is 7.57. The first kappa shape index (κ1) is 24.8. The Bertz CT molecular complexity index is 1440. The van der Waals surface area contributed by atoms with Crippen LogP contribution in [0.2, 0.25) is 10.0 Å². The average molecular weight is 523 g/mol. The van der Waals surface area contributed by atoms with Crippen molar-refractivity contribution in [2.75, 3.05) is 16.1 Å². The second-order valence-electron chi connectivity index (χ2n) is 7.70. The van der Waals surface area contributed by atoms with Crippen LogP contribution in [0.3, 0.4) is 0 Å².